The molecule has 1 N–H and O–H groups in total. The largest absolute Gasteiger partial charge is 0.508 e. The minimum absolute atomic E-state index is 0.322. The number of para-hydroxylation sites is 1. The number of halogens is 1. The molecular weight excluding hydrogens is 172 g/mol. The first-order valence-corrected chi connectivity index (χ1v) is 3.86. The van der Waals surface area contributed by atoms with E-state index in [1.807, 2.05) is 6.07 Å². The Morgan fingerprint density at radius 3 is 2.00 bits per heavy atom. The quantitative estimate of drug-likeness (QED) is 0.661. The fraction of sp³-hybridized carbons (Fsp3) is 0. The lowest BCUT2D eigenvalue weighted by atomic mass is 10.3. The van der Waals surface area contributed by atoms with Gasteiger partial charge in [0.25, 0.3) is 0 Å². The number of allylic oxidation sites excluding steroid dienone is 2. The molecule has 64 valence electrons. The lowest BCUT2D eigenvalue weighted by Gasteiger charge is -1.82. The predicted molar refractivity (Wildman–Crippen MR) is 53.3 cm³/mol. The third-order valence-electron chi connectivity index (χ3n) is 0.965. The van der Waals surface area contributed by atoms with Crippen LogP contribution in [-0.4, -0.2) is 5.11 Å². The van der Waals surface area contributed by atoms with Gasteiger partial charge < -0.3 is 5.11 Å². The van der Waals surface area contributed by atoms with Gasteiger partial charge in [-0.2, -0.15) is 0 Å². The molecule has 0 heterocycles. The molecule has 2 heteroatoms. The van der Waals surface area contributed by atoms with Crippen LogP contribution in [0.2, 0.25) is 0 Å². The summed E-state index contributed by atoms with van der Waals surface area (Å²) in [6.45, 7) is 3.38. The Morgan fingerprint density at radius 2 is 1.83 bits per heavy atom. The van der Waals surface area contributed by atoms with E-state index in [4.69, 9.17) is 16.7 Å². The Hall–Kier alpha value is -1.21. The van der Waals surface area contributed by atoms with Crippen molar-refractivity contribution in [3.05, 3.63) is 54.6 Å². The third kappa shape index (κ3) is 6.90. The molecule has 0 saturated heterocycles. The number of phenolic OH excluding ortho intramolecular Hbond substituents is 1. The summed E-state index contributed by atoms with van der Waals surface area (Å²) in [4.78, 5) is 0. The highest BCUT2D eigenvalue weighted by Gasteiger charge is 1.74. The molecular formula is C10H11ClO. The maximum absolute atomic E-state index is 8.63. The molecule has 0 radical (unpaired) electrons. The zero-order valence-corrected chi connectivity index (χ0v) is 7.41. The van der Waals surface area contributed by atoms with E-state index in [1.54, 1.807) is 36.4 Å². The van der Waals surface area contributed by atoms with Gasteiger partial charge in [-0.3, -0.25) is 0 Å². The van der Waals surface area contributed by atoms with Gasteiger partial charge in [0.15, 0.2) is 0 Å². The van der Waals surface area contributed by atoms with Crippen molar-refractivity contribution >= 4 is 11.6 Å². The van der Waals surface area contributed by atoms with Crippen LogP contribution in [0.5, 0.6) is 5.75 Å². The van der Waals surface area contributed by atoms with Crippen molar-refractivity contribution in [2.24, 2.45) is 0 Å². The molecule has 1 nitrogen and oxygen atoms in total. The minimum Gasteiger partial charge on any atom is -0.508 e. The van der Waals surface area contributed by atoms with E-state index in [-0.39, 0.29) is 0 Å². The van der Waals surface area contributed by atoms with E-state index in [0.717, 1.165) is 0 Å². The van der Waals surface area contributed by atoms with Crippen LogP contribution in [0.15, 0.2) is 54.6 Å². The monoisotopic (exact) mass is 182 g/mol. The van der Waals surface area contributed by atoms with Crippen molar-refractivity contribution in [3.8, 4) is 5.75 Å². The van der Waals surface area contributed by atoms with Crippen molar-refractivity contribution in [3.63, 3.8) is 0 Å². The molecule has 1 aromatic rings. The zero-order valence-electron chi connectivity index (χ0n) is 6.65. The fourth-order valence-electron chi connectivity index (χ4n) is 0.479. The van der Waals surface area contributed by atoms with Gasteiger partial charge in [-0.15, -0.1) is 0 Å². The number of hydrogen-bond acceptors (Lipinski definition) is 1. The Balaban J connectivity index is 0.000000217. The predicted octanol–water partition coefficient (Wildman–Crippen LogP) is 3.32. The van der Waals surface area contributed by atoms with Gasteiger partial charge in [-0.1, -0.05) is 48.5 Å². The molecule has 0 aromatic heterocycles. The van der Waals surface area contributed by atoms with E-state index in [2.05, 4.69) is 6.58 Å². The maximum atomic E-state index is 8.63. The van der Waals surface area contributed by atoms with Crippen LogP contribution in [0, 0.1) is 0 Å². The Bertz CT molecular complexity index is 229. The maximum Gasteiger partial charge on any atom is 0.115 e. The smallest absolute Gasteiger partial charge is 0.115 e. The molecule has 0 aliphatic rings. The normalized spacial score (nSPS) is 8.75. The summed E-state index contributed by atoms with van der Waals surface area (Å²) in [5, 5.41) is 8.63. The van der Waals surface area contributed by atoms with Gasteiger partial charge in [-0.25, -0.2) is 0 Å². The molecule has 0 atom stereocenters. The summed E-state index contributed by atoms with van der Waals surface area (Å²) < 4.78 is 0. The summed E-state index contributed by atoms with van der Waals surface area (Å²) >= 11 is 5.05. The Morgan fingerprint density at radius 1 is 1.25 bits per heavy atom. The molecule has 0 aliphatic heterocycles. The summed E-state index contributed by atoms with van der Waals surface area (Å²) in [5.74, 6) is 0.322. The SMILES string of the molecule is C=CC=CCl.Oc1ccccc1. The van der Waals surface area contributed by atoms with Crippen molar-refractivity contribution in [1.29, 1.82) is 0 Å². The number of benzene rings is 1. The third-order valence-corrected chi connectivity index (χ3v) is 1.11. The molecule has 12 heavy (non-hydrogen) atoms. The summed E-state index contributed by atoms with van der Waals surface area (Å²) in [6.07, 6.45) is 3.27. The lowest BCUT2D eigenvalue weighted by molar-refractivity contribution is 0.475. The van der Waals surface area contributed by atoms with Crippen molar-refractivity contribution in [2.45, 2.75) is 0 Å². The molecule has 0 saturated carbocycles. The van der Waals surface area contributed by atoms with Crippen molar-refractivity contribution in [2.75, 3.05) is 0 Å². The van der Waals surface area contributed by atoms with Crippen LogP contribution in [0.3, 0.4) is 0 Å². The summed E-state index contributed by atoms with van der Waals surface area (Å²) in [6, 6.07) is 8.71. The van der Waals surface area contributed by atoms with Gasteiger partial charge in [0, 0.05) is 5.54 Å². The van der Waals surface area contributed by atoms with E-state index in [0.29, 0.717) is 5.75 Å². The average Bonchev–Trinajstić information content (AvgIpc) is 2.08. The van der Waals surface area contributed by atoms with Crippen LogP contribution < -0.4 is 0 Å². The lowest BCUT2D eigenvalue weighted by Crippen LogP contribution is -1.56. The highest BCUT2D eigenvalue weighted by atomic mass is 35.5. The first-order valence-electron chi connectivity index (χ1n) is 3.43. The van der Waals surface area contributed by atoms with Crippen molar-refractivity contribution in [1.82, 2.24) is 0 Å². The van der Waals surface area contributed by atoms with Crippen LogP contribution in [0.25, 0.3) is 0 Å². The Kier molecular flexibility index (Phi) is 7.10. The molecule has 0 spiro atoms. The van der Waals surface area contributed by atoms with Gasteiger partial charge in [0.1, 0.15) is 5.75 Å². The van der Waals surface area contributed by atoms with Crippen LogP contribution in [0.1, 0.15) is 0 Å². The second-order valence-corrected chi connectivity index (χ2v) is 2.14. The second-order valence-electron chi connectivity index (χ2n) is 1.89. The second kappa shape index (κ2) is 7.89. The van der Waals surface area contributed by atoms with E-state index < -0.39 is 0 Å². The number of phenols is 1. The van der Waals surface area contributed by atoms with E-state index in [1.165, 1.54) is 5.54 Å². The number of rotatable bonds is 1. The Labute approximate surface area is 77.6 Å². The van der Waals surface area contributed by atoms with Gasteiger partial charge in [-0.05, 0) is 12.1 Å². The molecule has 0 fully saturated rings. The molecule has 0 unspecified atom stereocenters. The summed E-state index contributed by atoms with van der Waals surface area (Å²) in [5.41, 5.74) is 1.41. The topological polar surface area (TPSA) is 20.2 Å². The number of hydrogen-bond donors (Lipinski definition) is 1. The van der Waals surface area contributed by atoms with Crippen LogP contribution in [0.4, 0.5) is 0 Å². The molecule has 0 bridgehead atoms. The standard InChI is InChI=1S/C6H6O.C4H5Cl/c7-6-4-2-1-3-5-6;1-2-3-4-5/h1-5,7H;2-4H,1H2. The van der Waals surface area contributed by atoms with Gasteiger partial charge in [0.05, 0.1) is 0 Å². The number of aromatic hydroxyl groups is 1. The molecule has 0 aliphatic carbocycles. The van der Waals surface area contributed by atoms with E-state index >= 15 is 0 Å². The average molecular weight is 183 g/mol. The van der Waals surface area contributed by atoms with Crippen LogP contribution >= 0.6 is 11.6 Å². The zero-order chi connectivity index (χ0) is 9.23. The minimum atomic E-state index is 0.322. The molecule has 1 aromatic carbocycles. The van der Waals surface area contributed by atoms with Gasteiger partial charge >= 0.3 is 0 Å². The fourth-order valence-corrected chi connectivity index (χ4v) is 0.582. The van der Waals surface area contributed by atoms with Crippen LogP contribution in [-0.2, 0) is 0 Å². The first kappa shape index (κ1) is 10.8. The first-order chi connectivity index (χ1) is 5.81. The highest BCUT2D eigenvalue weighted by molar-refractivity contribution is 6.25. The van der Waals surface area contributed by atoms with E-state index in [9.17, 15) is 0 Å². The molecule has 1 rings (SSSR count). The van der Waals surface area contributed by atoms with Gasteiger partial charge in [0.2, 0.25) is 0 Å². The highest BCUT2D eigenvalue weighted by Crippen LogP contribution is 2.02. The summed E-state index contributed by atoms with van der Waals surface area (Å²) in [7, 11) is 0. The molecule has 0 amide bonds. The van der Waals surface area contributed by atoms with Crippen molar-refractivity contribution < 1.29 is 5.11 Å².